The van der Waals surface area contributed by atoms with E-state index in [1.54, 1.807) is 6.07 Å². The second-order valence-electron chi connectivity index (χ2n) is 4.46. The van der Waals surface area contributed by atoms with Gasteiger partial charge in [0, 0.05) is 23.5 Å². The third kappa shape index (κ3) is 2.10. The van der Waals surface area contributed by atoms with E-state index in [0.717, 1.165) is 18.0 Å². The summed E-state index contributed by atoms with van der Waals surface area (Å²) in [6.07, 6.45) is -0.249. The van der Waals surface area contributed by atoms with Gasteiger partial charge in [-0.3, -0.25) is 4.98 Å². The first-order valence-corrected chi connectivity index (χ1v) is 5.74. The molecule has 0 spiro atoms. The number of pyridine rings is 1. The number of fused-ring (bicyclic) bond motifs is 1. The van der Waals surface area contributed by atoms with Gasteiger partial charge in [-0.25, -0.2) is 0 Å². The zero-order valence-electron chi connectivity index (χ0n) is 9.72. The highest BCUT2D eigenvalue weighted by Gasteiger charge is 2.31. The summed E-state index contributed by atoms with van der Waals surface area (Å²) >= 11 is 0. The van der Waals surface area contributed by atoms with Crippen LogP contribution in [0.25, 0.3) is 11.1 Å². The lowest BCUT2D eigenvalue weighted by molar-refractivity contribution is -0.212. The highest BCUT2D eigenvalue weighted by atomic mass is 19.4. The molecule has 2 heterocycles. The number of halogens is 3. The van der Waals surface area contributed by atoms with E-state index in [2.05, 4.69) is 10.1 Å². The van der Waals surface area contributed by atoms with Crippen LogP contribution in [0.4, 0.5) is 13.2 Å². The first-order chi connectivity index (χ1) is 8.95. The molecule has 1 atom stereocenters. The first-order valence-electron chi connectivity index (χ1n) is 5.74. The lowest BCUT2D eigenvalue weighted by Crippen LogP contribution is -2.16. The highest BCUT2D eigenvalue weighted by molar-refractivity contribution is 5.62. The van der Waals surface area contributed by atoms with Crippen molar-refractivity contribution in [2.45, 2.75) is 25.2 Å². The van der Waals surface area contributed by atoms with Crippen LogP contribution in [0.5, 0.6) is 0 Å². The van der Waals surface area contributed by atoms with Gasteiger partial charge in [-0.1, -0.05) is 0 Å². The quantitative estimate of drug-likeness (QED) is 0.864. The molecular formula is C12H10F3N3O. The predicted octanol–water partition coefficient (Wildman–Crippen LogP) is 2.40. The molecule has 0 saturated heterocycles. The Morgan fingerprint density at radius 3 is 2.74 bits per heavy atom. The van der Waals surface area contributed by atoms with Gasteiger partial charge in [-0.15, -0.1) is 13.2 Å². The van der Waals surface area contributed by atoms with Crippen molar-refractivity contribution in [1.82, 2.24) is 14.8 Å². The maximum absolute atomic E-state index is 12.4. The Hall–Kier alpha value is -1.89. The first kappa shape index (κ1) is 12.2. The fourth-order valence-corrected chi connectivity index (χ4v) is 2.22. The molecule has 1 unspecified atom stereocenters. The van der Waals surface area contributed by atoms with Crippen LogP contribution in [0.2, 0.25) is 0 Å². The summed E-state index contributed by atoms with van der Waals surface area (Å²) in [5.74, 6) is 0. The molecule has 7 heteroatoms. The Labute approximate surface area is 106 Å². The molecule has 2 aromatic heterocycles. The monoisotopic (exact) mass is 269 g/mol. The molecule has 2 aromatic rings. The average molecular weight is 269 g/mol. The van der Waals surface area contributed by atoms with Crippen LogP contribution in [0, 0.1) is 0 Å². The van der Waals surface area contributed by atoms with Gasteiger partial charge in [0.2, 0.25) is 0 Å². The summed E-state index contributed by atoms with van der Waals surface area (Å²) in [6.45, 7) is 0. The van der Waals surface area contributed by atoms with E-state index < -0.39 is 12.4 Å². The number of alkyl halides is 3. The van der Waals surface area contributed by atoms with Crippen LogP contribution < -0.4 is 0 Å². The topological polar surface area (TPSA) is 50.9 Å². The molecule has 0 bridgehead atoms. The molecule has 0 radical (unpaired) electrons. The number of aromatic nitrogens is 3. The van der Waals surface area contributed by atoms with E-state index in [0.29, 0.717) is 29.7 Å². The second-order valence-corrected chi connectivity index (χ2v) is 4.46. The minimum atomic E-state index is -4.52. The average Bonchev–Trinajstić information content (AvgIpc) is 2.95. The number of nitrogens with zero attached hydrogens (tertiary/aromatic N) is 3. The molecule has 0 aromatic carbocycles. The van der Waals surface area contributed by atoms with Gasteiger partial charge in [0.25, 0.3) is 0 Å². The van der Waals surface area contributed by atoms with E-state index in [9.17, 15) is 18.3 Å². The van der Waals surface area contributed by atoms with Crippen LogP contribution in [0.3, 0.4) is 0 Å². The van der Waals surface area contributed by atoms with Gasteiger partial charge in [-0.2, -0.15) is 9.78 Å². The summed E-state index contributed by atoms with van der Waals surface area (Å²) in [5.41, 5.74) is 2.43. The van der Waals surface area contributed by atoms with Gasteiger partial charge in [0.05, 0.1) is 18.0 Å². The van der Waals surface area contributed by atoms with E-state index in [4.69, 9.17) is 0 Å². The fraction of sp³-hybridized carbons (Fsp3) is 0.333. The molecule has 0 saturated carbocycles. The summed E-state index contributed by atoms with van der Waals surface area (Å²) in [6, 6.07) is 1.76. The summed E-state index contributed by atoms with van der Waals surface area (Å²) in [7, 11) is 0. The van der Waals surface area contributed by atoms with Gasteiger partial charge < -0.3 is 5.11 Å². The third-order valence-electron chi connectivity index (χ3n) is 3.18. The van der Waals surface area contributed by atoms with Gasteiger partial charge in [0.1, 0.15) is 0 Å². The molecule has 1 aliphatic rings. The largest absolute Gasteiger partial charge is 0.504 e. The van der Waals surface area contributed by atoms with Crippen molar-refractivity contribution in [2.24, 2.45) is 0 Å². The highest BCUT2D eigenvalue weighted by Crippen LogP contribution is 2.32. The summed E-state index contributed by atoms with van der Waals surface area (Å²) in [5, 5.41) is 12.9. The van der Waals surface area contributed by atoms with E-state index in [1.165, 1.54) is 6.20 Å². The number of rotatable bonds is 1. The molecule has 0 fully saturated rings. The molecule has 3 rings (SSSR count). The van der Waals surface area contributed by atoms with Gasteiger partial charge >= 0.3 is 6.30 Å². The molecular weight excluding hydrogens is 259 g/mol. The van der Waals surface area contributed by atoms with E-state index >= 15 is 0 Å². The van der Waals surface area contributed by atoms with E-state index in [-0.39, 0.29) is 4.68 Å². The molecule has 19 heavy (non-hydrogen) atoms. The van der Waals surface area contributed by atoms with Crippen molar-refractivity contribution in [3.05, 3.63) is 35.9 Å². The Kier molecular flexibility index (Phi) is 2.60. The summed E-state index contributed by atoms with van der Waals surface area (Å²) in [4.78, 5) is 4.12. The lowest BCUT2D eigenvalue weighted by atomic mass is 10.1. The van der Waals surface area contributed by atoms with E-state index in [1.807, 2.05) is 0 Å². The molecule has 1 aliphatic carbocycles. The smallest absolute Gasteiger partial charge is 0.387 e. The second kappa shape index (κ2) is 4.06. The Morgan fingerprint density at radius 1 is 1.26 bits per heavy atom. The number of aliphatic hydroxyl groups excluding tert-OH is 1. The number of aliphatic hydroxyl groups is 1. The normalized spacial score (nSPS) is 18.6. The molecule has 0 aliphatic heterocycles. The summed E-state index contributed by atoms with van der Waals surface area (Å²) < 4.78 is 37.3. The van der Waals surface area contributed by atoms with Gasteiger partial charge in [-0.05, 0) is 24.5 Å². The van der Waals surface area contributed by atoms with Crippen LogP contribution in [-0.2, 0) is 12.7 Å². The number of hydrogen-bond donors (Lipinski definition) is 1. The van der Waals surface area contributed by atoms with Crippen molar-refractivity contribution >= 4 is 0 Å². The van der Waals surface area contributed by atoms with Crippen LogP contribution in [0.1, 0.15) is 23.8 Å². The van der Waals surface area contributed by atoms with Crippen LogP contribution >= 0.6 is 0 Å². The van der Waals surface area contributed by atoms with Crippen molar-refractivity contribution in [1.29, 1.82) is 0 Å². The van der Waals surface area contributed by atoms with Crippen molar-refractivity contribution in [3.8, 4) is 11.1 Å². The molecule has 100 valence electrons. The minimum absolute atomic E-state index is 0.0373. The maximum Gasteiger partial charge on any atom is 0.504 e. The fourth-order valence-electron chi connectivity index (χ4n) is 2.22. The SMILES string of the molecule is OC1CCc2cc(-c3cnn(C(F)(F)F)c3)cnc21. The van der Waals surface area contributed by atoms with Crippen molar-refractivity contribution in [2.75, 3.05) is 0 Å². The number of aryl methyl sites for hydroxylation is 1. The van der Waals surface area contributed by atoms with Crippen LogP contribution in [0.15, 0.2) is 24.7 Å². The standard InChI is InChI=1S/C12H10F3N3O/c13-12(14,15)18-6-9(5-17-18)8-3-7-1-2-10(19)11(7)16-4-8/h3-6,10,19H,1-2H2. The number of hydrogen-bond acceptors (Lipinski definition) is 3. The predicted molar refractivity (Wildman–Crippen MR) is 60.0 cm³/mol. The third-order valence-corrected chi connectivity index (χ3v) is 3.18. The van der Waals surface area contributed by atoms with Crippen LogP contribution in [-0.4, -0.2) is 19.9 Å². The zero-order chi connectivity index (χ0) is 13.6. The maximum atomic E-state index is 12.4. The molecule has 0 amide bonds. The Morgan fingerprint density at radius 2 is 2.05 bits per heavy atom. The minimum Gasteiger partial charge on any atom is -0.387 e. The lowest BCUT2D eigenvalue weighted by Gasteiger charge is -2.05. The van der Waals surface area contributed by atoms with Crippen molar-refractivity contribution < 1.29 is 18.3 Å². The van der Waals surface area contributed by atoms with Gasteiger partial charge in [0.15, 0.2) is 0 Å². The Bertz CT molecular complexity index is 621. The zero-order valence-corrected chi connectivity index (χ0v) is 9.72. The Balaban J connectivity index is 1.97. The molecule has 4 nitrogen and oxygen atoms in total. The molecule has 1 N–H and O–H groups in total. The van der Waals surface area contributed by atoms with Crippen molar-refractivity contribution in [3.63, 3.8) is 0 Å².